The minimum absolute atomic E-state index is 0.0877. The molecule has 2 amide bonds. The number of carbonyl (C=O) groups is 4. The van der Waals surface area contributed by atoms with E-state index in [2.05, 4.69) is 15.5 Å². The molecule has 1 aliphatic rings. The summed E-state index contributed by atoms with van der Waals surface area (Å²) in [4.78, 5) is 46.0. The molecule has 162 valence electrons. The normalized spacial score (nSPS) is 15.3. The summed E-state index contributed by atoms with van der Waals surface area (Å²) in [5, 5.41) is 17.3. The number of aliphatic carboxylic acids is 1. The summed E-state index contributed by atoms with van der Waals surface area (Å²) in [5.41, 5.74) is 2.70. The summed E-state index contributed by atoms with van der Waals surface area (Å²) < 4.78 is 39.0. The fraction of sp³-hybridized carbons (Fsp3) is 0.444. The van der Waals surface area contributed by atoms with Crippen molar-refractivity contribution in [1.82, 2.24) is 5.32 Å². The molecule has 0 saturated carbocycles. The Labute approximate surface area is 168 Å². The van der Waals surface area contributed by atoms with Gasteiger partial charge in [0.1, 0.15) is 0 Å². The lowest BCUT2D eigenvalue weighted by atomic mass is 9.99. The molecule has 12 heteroatoms. The van der Waals surface area contributed by atoms with Crippen molar-refractivity contribution in [3.05, 3.63) is 35.4 Å². The van der Waals surface area contributed by atoms with Gasteiger partial charge in [-0.15, -0.1) is 10.2 Å². The van der Waals surface area contributed by atoms with Crippen LogP contribution < -0.4 is 11.1 Å². The van der Waals surface area contributed by atoms with Gasteiger partial charge >= 0.3 is 17.8 Å². The Bertz CT molecular complexity index is 862. The van der Waals surface area contributed by atoms with Crippen molar-refractivity contribution in [3.8, 4) is 0 Å². The number of rotatable bonds is 11. The van der Waals surface area contributed by atoms with Gasteiger partial charge in [0.25, 0.3) is 0 Å². The molecule has 4 N–H and O–H groups in total. The van der Waals surface area contributed by atoms with Crippen LogP contribution in [0.2, 0.25) is 0 Å². The number of primary amides is 1. The molecule has 1 aromatic carbocycles. The molecule has 1 aromatic rings. The van der Waals surface area contributed by atoms with E-state index in [4.69, 9.17) is 10.8 Å². The van der Waals surface area contributed by atoms with Crippen molar-refractivity contribution < 1.29 is 37.5 Å². The van der Waals surface area contributed by atoms with Gasteiger partial charge in [0.15, 0.2) is 5.78 Å². The fourth-order valence-electron chi connectivity index (χ4n) is 2.73. The maximum atomic E-state index is 13.0. The number of carboxylic acid groups (broad SMARTS) is 1. The van der Waals surface area contributed by atoms with Gasteiger partial charge < -0.3 is 16.2 Å². The number of benzene rings is 1. The van der Waals surface area contributed by atoms with Crippen molar-refractivity contribution >= 4 is 23.6 Å². The molecule has 1 heterocycles. The summed E-state index contributed by atoms with van der Waals surface area (Å²) >= 11 is 0. The number of Topliss-reactive ketones (excluding diaryl/α,β-unsaturated/α-hetero) is 1. The van der Waals surface area contributed by atoms with Crippen LogP contribution in [0.5, 0.6) is 0 Å². The van der Waals surface area contributed by atoms with Crippen LogP contribution in [0.25, 0.3) is 0 Å². The zero-order valence-electron chi connectivity index (χ0n) is 15.6. The van der Waals surface area contributed by atoms with Crippen LogP contribution in [0.4, 0.5) is 13.2 Å². The minimum Gasteiger partial charge on any atom is -0.481 e. The fourth-order valence-corrected chi connectivity index (χ4v) is 2.73. The van der Waals surface area contributed by atoms with Crippen molar-refractivity contribution in [2.75, 3.05) is 0 Å². The first kappa shape index (κ1) is 23.0. The van der Waals surface area contributed by atoms with Crippen LogP contribution in [0.15, 0.2) is 34.5 Å². The predicted octanol–water partition coefficient (Wildman–Crippen LogP) is 1.59. The average Bonchev–Trinajstić information content (AvgIpc) is 3.45. The molecular formula is C18H19F3N4O5. The number of hydrogen-bond donors (Lipinski definition) is 3. The SMILES string of the molecule is NC(=O)CCC(NC(=O)Cc1ccc(C2(C(F)(F)F)N=N2)cc1)C(=O)CCC(=O)O. The second-order valence-corrected chi connectivity index (χ2v) is 6.73. The number of ketones is 1. The molecule has 1 atom stereocenters. The van der Waals surface area contributed by atoms with Gasteiger partial charge in [-0.05, 0) is 12.0 Å². The molecule has 1 unspecified atom stereocenters. The van der Waals surface area contributed by atoms with Gasteiger partial charge in [0.05, 0.1) is 18.9 Å². The second kappa shape index (κ2) is 9.01. The van der Waals surface area contributed by atoms with E-state index in [9.17, 15) is 32.3 Å². The molecule has 2 rings (SSSR count). The smallest absolute Gasteiger partial charge is 0.442 e. The van der Waals surface area contributed by atoms with Gasteiger partial charge in [-0.1, -0.05) is 24.3 Å². The van der Waals surface area contributed by atoms with Crippen LogP contribution in [0.1, 0.15) is 36.8 Å². The average molecular weight is 428 g/mol. The Balaban J connectivity index is 1.99. The Kier molecular flexibility index (Phi) is 6.90. The molecule has 0 fully saturated rings. The quantitative estimate of drug-likeness (QED) is 0.489. The maximum Gasteiger partial charge on any atom is 0.442 e. The van der Waals surface area contributed by atoms with Gasteiger partial charge in [0.2, 0.25) is 11.8 Å². The summed E-state index contributed by atoms with van der Waals surface area (Å²) in [6, 6.07) is 3.87. The molecule has 0 bridgehead atoms. The first-order chi connectivity index (χ1) is 13.9. The predicted molar refractivity (Wildman–Crippen MR) is 95.0 cm³/mol. The van der Waals surface area contributed by atoms with Crippen LogP contribution >= 0.6 is 0 Å². The van der Waals surface area contributed by atoms with Gasteiger partial charge in [-0.2, -0.15) is 13.2 Å². The molecule has 0 saturated heterocycles. The zero-order valence-corrected chi connectivity index (χ0v) is 15.6. The van der Waals surface area contributed by atoms with E-state index < -0.39 is 47.9 Å². The summed E-state index contributed by atoms with van der Waals surface area (Å²) in [5.74, 6) is -3.06. The molecule has 30 heavy (non-hydrogen) atoms. The Morgan fingerprint density at radius 1 is 1.07 bits per heavy atom. The molecule has 0 aliphatic carbocycles. The van der Waals surface area contributed by atoms with E-state index >= 15 is 0 Å². The molecule has 0 aromatic heterocycles. The van der Waals surface area contributed by atoms with E-state index in [0.29, 0.717) is 5.56 Å². The van der Waals surface area contributed by atoms with E-state index in [1.165, 1.54) is 24.3 Å². The number of amides is 2. The van der Waals surface area contributed by atoms with Crippen molar-refractivity contribution in [2.45, 2.75) is 50.0 Å². The molecule has 0 spiro atoms. The third kappa shape index (κ3) is 5.84. The first-order valence-electron chi connectivity index (χ1n) is 8.87. The van der Waals surface area contributed by atoms with Crippen molar-refractivity contribution in [2.24, 2.45) is 16.0 Å². The van der Waals surface area contributed by atoms with Crippen molar-refractivity contribution in [1.29, 1.82) is 0 Å². The highest BCUT2D eigenvalue weighted by molar-refractivity contribution is 5.91. The van der Waals surface area contributed by atoms with E-state index in [1.54, 1.807) is 0 Å². The van der Waals surface area contributed by atoms with Crippen LogP contribution in [-0.4, -0.2) is 40.9 Å². The highest BCUT2D eigenvalue weighted by atomic mass is 19.4. The summed E-state index contributed by atoms with van der Waals surface area (Å²) in [6.45, 7) is 0. The van der Waals surface area contributed by atoms with Crippen LogP contribution in [0, 0.1) is 0 Å². The van der Waals surface area contributed by atoms with E-state index in [1.807, 2.05) is 0 Å². The lowest BCUT2D eigenvalue weighted by Crippen LogP contribution is -2.42. The second-order valence-electron chi connectivity index (χ2n) is 6.73. The Morgan fingerprint density at radius 3 is 2.13 bits per heavy atom. The first-order valence-corrected chi connectivity index (χ1v) is 8.87. The number of nitrogens with one attached hydrogen (secondary N) is 1. The molecule has 0 radical (unpaired) electrons. The molecule has 1 aliphatic heterocycles. The number of nitrogens with two attached hydrogens (primary N) is 1. The number of nitrogens with zero attached hydrogens (tertiary/aromatic N) is 2. The standard InChI is InChI=1S/C18H19F3N4O5/c19-18(20,21)17(24-25-17)11-3-1-10(2-4-11)9-15(28)23-12(5-7-14(22)27)13(26)6-8-16(29)30/h1-4,12H,5-9H2,(H2,22,27)(H,23,28)(H,29,30). The maximum absolute atomic E-state index is 13.0. The van der Waals surface area contributed by atoms with Gasteiger partial charge in [-0.25, -0.2) is 0 Å². The van der Waals surface area contributed by atoms with Gasteiger partial charge in [-0.3, -0.25) is 19.2 Å². The van der Waals surface area contributed by atoms with Crippen molar-refractivity contribution in [3.63, 3.8) is 0 Å². The van der Waals surface area contributed by atoms with Crippen LogP contribution in [-0.2, 0) is 31.3 Å². The Hall–Kier alpha value is -3.31. The minimum atomic E-state index is -4.66. The number of alkyl halides is 3. The van der Waals surface area contributed by atoms with E-state index in [0.717, 1.165) is 0 Å². The van der Waals surface area contributed by atoms with E-state index in [-0.39, 0.29) is 31.2 Å². The number of halogens is 3. The Morgan fingerprint density at radius 2 is 1.67 bits per heavy atom. The zero-order chi connectivity index (χ0) is 22.5. The molecular weight excluding hydrogens is 409 g/mol. The summed E-state index contributed by atoms with van der Waals surface area (Å²) in [7, 11) is 0. The number of carbonyl (C=O) groups excluding carboxylic acids is 3. The number of hydrogen-bond acceptors (Lipinski definition) is 6. The summed E-state index contributed by atoms with van der Waals surface area (Å²) in [6.07, 6.45) is -5.94. The topological polar surface area (TPSA) is 151 Å². The highest BCUT2D eigenvalue weighted by Crippen LogP contribution is 2.52. The molecule has 9 nitrogen and oxygen atoms in total. The highest BCUT2D eigenvalue weighted by Gasteiger charge is 2.65. The lowest BCUT2D eigenvalue weighted by Gasteiger charge is -2.17. The van der Waals surface area contributed by atoms with Crippen LogP contribution in [0.3, 0.4) is 0 Å². The third-order valence-corrected chi connectivity index (χ3v) is 4.40. The number of carboxylic acids is 1. The monoisotopic (exact) mass is 428 g/mol. The lowest BCUT2D eigenvalue weighted by molar-refractivity contribution is -0.166. The largest absolute Gasteiger partial charge is 0.481 e. The van der Waals surface area contributed by atoms with Gasteiger partial charge in [0, 0.05) is 18.4 Å². The third-order valence-electron chi connectivity index (χ3n) is 4.40.